The molecule has 0 spiro atoms. The first-order valence-corrected chi connectivity index (χ1v) is 6.69. The van der Waals surface area contributed by atoms with E-state index in [4.69, 9.17) is 0 Å². The van der Waals surface area contributed by atoms with Crippen LogP contribution in [0, 0.1) is 0 Å². The first kappa shape index (κ1) is 13.7. The number of aliphatic hydroxyl groups is 1. The molecule has 1 fully saturated rings. The van der Waals surface area contributed by atoms with Crippen LogP contribution in [0.2, 0.25) is 0 Å². The number of carbonyl (C=O) groups excluding carboxylic acids is 1. The molecule has 0 radical (unpaired) electrons. The van der Waals surface area contributed by atoms with Crippen LogP contribution in [0.1, 0.15) is 42.6 Å². The number of amides is 1. The number of aromatic nitrogens is 2. The SMILES string of the molecule is CNc1cnc(C(=O)NC2CCCCCC2O)cn1. The molecule has 6 nitrogen and oxygen atoms in total. The summed E-state index contributed by atoms with van der Waals surface area (Å²) in [6.07, 6.45) is 7.21. The molecule has 0 aliphatic heterocycles. The van der Waals surface area contributed by atoms with Gasteiger partial charge < -0.3 is 15.7 Å². The Kier molecular flexibility index (Phi) is 4.68. The molecular weight excluding hydrogens is 244 g/mol. The van der Waals surface area contributed by atoms with Gasteiger partial charge in [-0.05, 0) is 12.8 Å². The van der Waals surface area contributed by atoms with Gasteiger partial charge in [-0.25, -0.2) is 9.97 Å². The average molecular weight is 264 g/mol. The maximum Gasteiger partial charge on any atom is 0.271 e. The average Bonchev–Trinajstić information content (AvgIpc) is 2.64. The van der Waals surface area contributed by atoms with E-state index in [0.29, 0.717) is 5.82 Å². The van der Waals surface area contributed by atoms with Crippen LogP contribution in [0.4, 0.5) is 5.82 Å². The normalized spacial score (nSPS) is 23.5. The van der Waals surface area contributed by atoms with Crippen molar-refractivity contribution < 1.29 is 9.90 Å². The second-order valence-electron chi connectivity index (χ2n) is 4.82. The van der Waals surface area contributed by atoms with Gasteiger partial charge in [-0.3, -0.25) is 4.79 Å². The van der Waals surface area contributed by atoms with Crippen LogP contribution in [0.25, 0.3) is 0 Å². The van der Waals surface area contributed by atoms with Crippen molar-refractivity contribution in [3.8, 4) is 0 Å². The fourth-order valence-electron chi connectivity index (χ4n) is 2.27. The zero-order chi connectivity index (χ0) is 13.7. The van der Waals surface area contributed by atoms with E-state index in [2.05, 4.69) is 20.6 Å². The number of hydrogen-bond donors (Lipinski definition) is 3. The van der Waals surface area contributed by atoms with Crippen LogP contribution in [0.5, 0.6) is 0 Å². The predicted octanol–water partition coefficient (Wildman–Crippen LogP) is 0.942. The first-order valence-electron chi connectivity index (χ1n) is 6.69. The Balaban J connectivity index is 1.98. The third-order valence-electron chi connectivity index (χ3n) is 3.44. The van der Waals surface area contributed by atoms with Crippen molar-refractivity contribution in [2.24, 2.45) is 0 Å². The smallest absolute Gasteiger partial charge is 0.271 e. The van der Waals surface area contributed by atoms with Crippen LogP contribution in [0.3, 0.4) is 0 Å². The molecule has 2 atom stereocenters. The zero-order valence-electron chi connectivity index (χ0n) is 11.1. The summed E-state index contributed by atoms with van der Waals surface area (Å²) in [7, 11) is 1.74. The lowest BCUT2D eigenvalue weighted by molar-refractivity contribution is 0.0814. The third-order valence-corrected chi connectivity index (χ3v) is 3.44. The van der Waals surface area contributed by atoms with E-state index in [1.165, 1.54) is 12.4 Å². The summed E-state index contributed by atoms with van der Waals surface area (Å²) in [5.74, 6) is 0.340. The number of hydrogen-bond acceptors (Lipinski definition) is 5. The summed E-state index contributed by atoms with van der Waals surface area (Å²) in [6, 6.07) is -0.180. The Labute approximate surface area is 112 Å². The maximum absolute atomic E-state index is 12.0. The summed E-state index contributed by atoms with van der Waals surface area (Å²) in [5, 5.41) is 15.7. The number of rotatable bonds is 3. The minimum atomic E-state index is -0.462. The molecule has 1 aliphatic carbocycles. The molecule has 1 aliphatic rings. The molecule has 1 saturated carbocycles. The van der Waals surface area contributed by atoms with E-state index in [1.54, 1.807) is 7.05 Å². The number of anilines is 1. The topological polar surface area (TPSA) is 87.1 Å². The lowest BCUT2D eigenvalue weighted by Crippen LogP contribution is -2.43. The molecule has 6 heteroatoms. The molecule has 3 N–H and O–H groups in total. The van der Waals surface area contributed by atoms with Gasteiger partial charge >= 0.3 is 0 Å². The molecule has 1 aromatic rings. The first-order chi connectivity index (χ1) is 9.20. The highest BCUT2D eigenvalue weighted by Crippen LogP contribution is 2.18. The van der Waals surface area contributed by atoms with E-state index < -0.39 is 6.10 Å². The van der Waals surface area contributed by atoms with Crippen molar-refractivity contribution in [1.82, 2.24) is 15.3 Å². The van der Waals surface area contributed by atoms with Crippen molar-refractivity contribution >= 4 is 11.7 Å². The second-order valence-corrected chi connectivity index (χ2v) is 4.82. The van der Waals surface area contributed by atoms with E-state index in [0.717, 1.165) is 32.1 Å². The molecule has 104 valence electrons. The summed E-state index contributed by atoms with van der Waals surface area (Å²) in [6.45, 7) is 0. The summed E-state index contributed by atoms with van der Waals surface area (Å²) < 4.78 is 0. The molecule has 0 saturated heterocycles. The van der Waals surface area contributed by atoms with Gasteiger partial charge in [0.25, 0.3) is 5.91 Å². The summed E-state index contributed by atoms with van der Waals surface area (Å²) >= 11 is 0. The highest BCUT2D eigenvalue weighted by atomic mass is 16.3. The van der Waals surface area contributed by atoms with Gasteiger partial charge in [0.1, 0.15) is 11.5 Å². The van der Waals surface area contributed by atoms with Crippen molar-refractivity contribution in [2.45, 2.75) is 44.2 Å². The minimum absolute atomic E-state index is 0.180. The lowest BCUT2D eigenvalue weighted by atomic mass is 10.1. The Bertz CT molecular complexity index is 421. The van der Waals surface area contributed by atoms with E-state index in [1.807, 2.05) is 0 Å². The quantitative estimate of drug-likeness (QED) is 0.707. The van der Waals surface area contributed by atoms with E-state index in [9.17, 15) is 9.90 Å². The Morgan fingerprint density at radius 3 is 2.74 bits per heavy atom. The van der Waals surface area contributed by atoms with Crippen molar-refractivity contribution in [1.29, 1.82) is 0 Å². The maximum atomic E-state index is 12.0. The Morgan fingerprint density at radius 1 is 1.26 bits per heavy atom. The van der Waals surface area contributed by atoms with E-state index >= 15 is 0 Å². The predicted molar refractivity (Wildman–Crippen MR) is 71.9 cm³/mol. The zero-order valence-corrected chi connectivity index (χ0v) is 11.1. The Hall–Kier alpha value is -1.69. The Morgan fingerprint density at radius 2 is 2.05 bits per heavy atom. The molecule has 19 heavy (non-hydrogen) atoms. The fraction of sp³-hybridized carbons (Fsp3) is 0.615. The van der Waals surface area contributed by atoms with Crippen molar-refractivity contribution in [2.75, 3.05) is 12.4 Å². The largest absolute Gasteiger partial charge is 0.391 e. The summed E-state index contributed by atoms with van der Waals surface area (Å²) in [4.78, 5) is 20.1. The highest BCUT2D eigenvalue weighted by molar-refractivity contribution is 5.92. The number of aliphatic hydroxyl groups excluding tert-OH is 1. The molecule has 0 bridgehead atoms. The number of carbonyl (C=O) groups is 1. The van der Waals surface area contributed by atoms with Crippen LogP contribution < -0.4 is 10.6 Å². The molecular formula is C13H20N4O2. The van der Waals surface area contributed by atoms with Gasteiger partial charge in [0, 0.05) is 7.05 Å². The molecule has 2 unspecified atom stereocenters. The second kappa shape index (κ2) is 6.47. The summed E-state index contributed by atoms with van der Waals surface area (Å²) in [5.41, 5.74) is 0.274. The fourth-order valence-corrected chi connectivity index (χ4v) is 2.27. The lowest BCUT2D eigenvalue weighted by Gasteiger charge is -2.21. The van der Waals surface area contributed by atoms with Gasteiger partial charge in [0.15, 0.2) is 0 Å². The molecule has 0 aromatic carbocycles. The number of nitrogens with zero attached hydrogens (tertiary/aromatic N) is 2. The van der Waals surface area contributed by atoms with Gasteiger partial charge in [-0.1, -0.05) is 19.3 Å². The standard InChI is InChI=1S/C13H20N4O2/c1-14-12-8-15-10(7-16-12)13(19)17-9-5-3-2-4-6-11(9)18/h7-9,11,18H,2-6H2,1H3,(H,14,16)(H,17,19). The van der Waals surface area contributed by atoms with Crippen LogP contribution in [-0.4, -0.2) is 40.2 Å². The molecule has 1 aromatic heterocycles. The minimum Gasteiger partial charge on any atom is -0.391 e. The van der Waals surface area contributed by atoms with Gasteiger partial charge in [0.2, 0.25) is 0 Å². The van der Waals surface area contributed by atoms with Crippen LogP contribution in [0.15, 0.2) is 12.4 Å². The molecule has 2 rings (SSSR count). The highest BCUT2D eigenvalue weighted by Gasteiger charge is 2.24. The van der Waals surface area contributed by atoms with E-state index in [-0.39, 0.29) is 17.6 Å². The van der Waals surface area contributed by atoms with Crippen molar-refractivity contribution in [3.63, 3.8) is 0 Å². The monoisotopic (exact) mass is 264 g/mol. The number of nitrogens with one attached hydrogen (secondary N) is 2. The third kappa shape index (κ3) is 3.64. The van der Waals surface area contributed by atoms with Crippen molar-refractivity contribution in [3.05, 3.63) is 18.1 Å². The van der Waals surface area contributed by atoms with Gasteiger partial charge in [0.05, 0.1) is 24.5 Å². The van der Waals surface area contributed by atoms with Crippen LogP contribution in [-0.2, 0) is 0 Å². The molecule has 1 heterocycles. The molecule has 1 amide bonds. The van der Waals surface area contributed by atoms with Gasteiger partial charge in [-0.15, -0.1) is 0 Å². The van der Waals surface area contributed by atoms with Crippen LogP contribution >= 0.6 is 0 Å². The van der Waals surface area contributed by atoms with Gasteiger partial charge in [-0.2, -0.15) is 0 Å².